The minimum absolute atomic E-state index is 0.120. The lowest BCUT2D eigenvalue weighted by Crippen LogP contribution is -2.34. The van der Waals surface area contributed by atoms with E-state index in [1.807, 2.05) is 36.4 Å². The summed E-state index contributed by atoms with van der Waals surface area (Å²) >= 11 is 1.39. The largest absolute Gasteiger partial charge is 0.497 e. The van der Waals surface area contributed by atoms with Crippen LogP contribution in [0.5, 0.6) is 11.5 Å². The molecule has 1 heterocycles. The highest BCUT2D eigenvalue weighted by Gasteiger charge is 2.23. The third-order valence-electron chi connectivity index (χ3n) is 4.09. The number of aromatic nitrogens is 2. The monoisotopic (exact) mass is 397 g/mol. The van der Waals surface area contributed by atoms with E-state index in [2.05, 4.69) is 24.0 Å². The van der Waals surface area contributed by atoms with Gasteiger partial charge in [0.2, 0.25) is 5.13 Å². The molecule has 0 fully saturated rings. The molecule has 0 aliphatic carbocycles. The van der Waals surface area contributed by atoms with Gasteiger partial charge in [0, 0.05) is 17.7 Å². The molecule has 3 rings (SSSR count). The number of carbonyl (C=O) groups is 1. The Morgan fingerprint density at radius 1 is 1.04 bits per heavy atom. The molecule has 0 N–H and O–H groups in total. The summed E-state index contributed by atoms with van der Waals surface area (Å²) in [6, 6.07) is 14.8. The summed E-state index contributed by atoms with van der Waals surface area (Å²) in [5.74, 6) is 1.59. The molecule has 0 atom stereocenters. The van der Waals surface area contributed by atoms with Gasteiger partial charge in [0.25, 0.3) is 5.91 Å². The second-order valence-corrected chi connectivity index (χ2v) is 7.62. The summed E-state index contributed by atoms with van der Waals surface area (Å²) in [5.41, 5.74) is 1.49. The van der Waals surface area contributed by atoms with Crippen LogP contribution < -0.4 is 14.4 Å². The van der Waals surface area contributed by atoms with Crippen molar-refractivity contribution in [2.24, 2.45) is 5.92 Å². The van der Waals surface area contributed by atoms with Crippen molar-refractivity contribution in [3.8, 4) is 22.1 Å². The van der Waals surface area contributed by atoms with Gasteiger partial charge in [0.1, 0.15) is 16.5 Å². The van der Waals surface area contributed by atoms with Crippen molar-refractivity contribution in [1.82, 2.24) is 10.2 Å². The van der Waals surface area contributed by atoms with E-state index in [1.165, 1.54) is 11.3 Å². The Kier molecular flexibility index (Phi) is 6.26. The molecule has 146 valence electrons. The van der Waals surface area contributed by atoms with Crippen molar-refractivity contribution in [1.29, 1.82) is 0 Å². The second kappa shape index (κ2) is 8.84. The molecule has 1 amide bonds. The summed E-state index contributed by atoms with van der Waals surface area (Å²) in [7, 11) is 3.22. The molecule has 0 aliphatic heterocycles. The second-order valence-electron chi connectivity index (χ2n) is 6.66. The lowest BCUT2D eigenvalue weighted by atomic mass is 10.1. The summed E-state index contributed by atoms with van der Waals surface area (Å²) in [6.45, 7) is 4.68. The molecule has 2 aromatic carbocycles. The van der Waals surface area contributed by atoms with Gasteiger partial charge in [-0.1, -0.05) is 31.3 Å². The lowest BCUT2D eigenvalue weighted by Gasteiger charge is -2.21. The number of hydrogen-bond donors (Lipinski definition) is 0. The number of nitrogens with zero attached hydrogens (tertiary/aromatic N) is 3. The fourth-order valence-electron chi connectivity index (χ4n) is 2.70. The fraction of sp³-hybridized carbons (Fsp3) is 0.286. The van der Waals surface area contributed by atoms with E-state index < -0.39 is 0 Å². The van der Waals surface area contributed by atoms with Gasteiger partial charge in [-0.3, -0.25) is 9.69 Å². The normalized spacial score (nSPS) is 10.8. The van der Waals surface area contributed by atoms with Crippen LogP contribution in [0.25, 0.3) is 10.6 Å². The average molecular weight is 398 g/mol. The predicted molar refractivity (Wildman–Crippen MR) is 111 cm³/mol. The van der Waals surface area contributed by atoms with Crippen LogP contribution in [0.3, 0.4) is 0 Å². The number of methoxy groups -OCH3 is 2. The Bertz CT molecular complexity index is 938. The first-order valence-corrected chi connectivity index (χ1v) is 9.77. The first kappa shape index (κ1) is 19.8. The first-order valence-electron chi connectivity index (χ1n) is 8.95. The number of benzene rings is 2. The summed E-state index contributed by atoms with van der Waals surface area (Å²) in [5, 5.41) is 9.91. The maximum Gasteiger partial charge on any atom is 0.260 e. The highest BCUT2D eigenvalue weighted by atomic mass is 32.1. The zero-order valence-corrected chi connectivity index (χ0v) is 17.2. The van der Waals surface area contributed by atoms with E-state index in [4.69, 9.17) is 9.47 Å². The van der Waals surface area contributed by atoms with Crippen LogP contribution in [0.15, 0.2) is 48.5 Å². The number of rotatable bonds is 7. The maximum absolute atomic E-state index is 13.2. The van der Waals surface area contributed by atoms with Crippen LogP contribution in [0.4, 0.5) is 5.13 Å². The van der Waals surface area contributed by atoms with E-state index in [9.17, 15) is 4.79 Å². The number of amides is 1. The van der Waals surface area contributed by atoms with Crippen LogP contribution in [0.1, 0.15) is 24.2 Å². The van der Waals surface area contributed by atoms with Crippen molar-refractivity contribution in [2.75, 3.05) is 25.7 Å². The highest BCUT2D eigenvalue weighted by molar-refractivity contribution is 7.18. The van der Waals surface area contributed by atoms with Crippen LogP contribution in [-0.2, 0) is 0 Å². The number of anilines is 1. The quantitative estimate of drug-likeness (QED) is 0.586. The standard InChI is InChI=1S/C21H23N3O3S/c1-14(2)13-24(20(25)16-6-5-7-18(12-16)27-4)21-23-22-19(28-21)15-8-10-17(26-3)11-9-15/h5-12,14H,13H2,1-4H3. The zero-order chi connectivity index (χ0) is 20.1. The SMILES string of the molecule is COc1ccc(-c2nnc(N(CC(C)C)C(=O)c3cccc(OC)c3)s2)cc1. The predicted octanol–water partition coefficient (Wildman–Crippen LogP) is 4.53. The molecule has 0 aliphatic rings. The Morgan fingerprint density at radius 3 is 2.39 bits per heavy atom. The minimum Gasteiger partial charge on any atom is -0.497 e. The fourth-order valence-corrected chi connectivity index (χ4v) is 3.56. The van der Waals surface area contributed by atoms with Gasteiger partial charge in [-0.05, 0) is 48.4 Å². The zero-order valence-electron chi connectivity index (χ0n) is 16.4. The summed E-state index contributed by atoms with van der Waals surface area (Å²) < 4.78 is 10.4. The highest BCUT2D eigenvalue weighted by Crippen LogP contribution is 2.31. The minimum atomic E-state index is -0.120. The summed E-state index contributed by atoms with van der Waals surface area (Å²) in [6.07, 6.45) is 0. The Morgan fingerprint density at radius 2 is 1.75 bits per heavy atom. The van der Waals surface area contributed by atoms with Gasteiger partial charge in [0.15, 0.2) is 0 Å². The number of hydrogen-bond acceptors (Lipinski definition) is 6. The van der Waals surface area contributed by atoms with Crippen LogP contribution in [0, 0.1) is 5.92 Å². The molecule has 0 spiro atoms. The van der Waals surface area contributed by atoms with Gasteiger partial charge < -0.3 is 9.47 Å². The van der Waals surface area contributed by atoms with Crippen LogP contribution in [0.2, 0.25) is 0 Å². The van der Waals surface area contributed by atoms with E-state index in [0.717, 1.165) is 16.3 Å². The van der Waals surface area contributed by atoms with Crippen molar-refractivity contribution < 1.29 is 14.3 Å². The molecule has 1 aromatic heterocycles. The van der Waals surface area contributed by atoms with Crippen molar-refractivity contribution in [3.05, 3.63) is 54.1 Å². The van der Waals surface area contributed by atoms with Crippen molar-refractivity contribution in [3.63, 3.8) is 0 Å². The molecule has 7 heteroatoms. The third kappa shape index (κ3) is 4.48. The molecule has 3 aromatic rings. The van der Waals surface area contributed by atoms with Crippen LogP contribution in [-0.4, -0.2) is 36.9 Å². The van der Waals surface area contributed by atoms with E-state index >= 15 is 0 Å². The third-order valence-corrected chi connectivity index (χ3v) is 5.09. The number of carbonyl (C=O) groups excluding carboxylic acids is 1. The molecule has 0 unspecified atom stereocenters. The Hall–Kier alpha value is -2.93. The van der Waals surface area contributed by atoms with Gasteiger partial charge in [-0.25, -0.2) is 0 Å². The maximum atomic E-state index is 13.2. The van der Waals surface area contributed by atoms with E-state index in [-0.39, 0.29) is 11.8 Å². The Labute approximate surface area is 168 Å². The van der Waals surface area contributed by atoms with Gasteiger partial charge >= 0.3 is 0 Å². The number of ether oxygens (including phenoxy) is 2. The van der Waals surface area contributed by atoms with Crippen LogP contribution >= 0.6 is 11.3 Å². The van der Waals surface area contributed by atoms with E-state index in [1.54, 1.807) is 31.3 Å². The van der Waals surface area contributed by atoms with Crippen molar-refractivity contribution in [2.45, 2.75) is 13.8 Å². The molecule has 0 saturated heterocycles. The first-order chi connectivity index (χ1) is 13.5. The lowest BCUT2D eigenvalue weighted by molar-refractivity contribution is 0.0983. The summed E-state index contributed by atoms with van der Waals surface area (Å²) in [4.78, 5) is 14.9. The van der Waals surface area contributed by atoms with E-state index in [0.29, 0.717) is 23.0 Å². The topological polar surface area (TPSA) is 64.6 Å². The molecule has 0 bridgehead atoms. The molecule has 0 radical (unpaired) electrons. The smallest absolute Gasteiger partial charge is 0.260 e. The average Bonchev–Trinajstić information content (AvgIpc) is 3.21. The molecule has 6 nitrogen and oxygen atoms in total. The van der Waals surface area contributed by atoms with Crippen molar-refractivity contribution >= 4 is 22.4 Å². The van der Waals surface area contributed by atoms with Gasteiger partial charge in [-0.15, -0.1) is 10.2 Å². The van der Waals surface area contributed by atoms with Gasteiger partial charge in [-0.2, -0.15) is 0 Å². The Balaban J connectivity index is 1.91. The van der Waals surface area contributed by atoms with Gasteiger partial charge in [0.05, 0.1) is 14.2 Å². The molecular weight excluding hydrogens is 374 g/mol. The molecule has 0 saturated carbocycles. The molecule has 28 heavy (non-hydrogen) atoms. The molecular formula is C21H23N3O3S.